The summed E-state index contributed by atoms with van der Waals surface area (Å²) < 4.78 is 0. The molecule has 1 fully saturated rings. The predicted octanol–water partition coefficient (Wildman–Crippen LogP) is 2.88. The zero-order valence-corrected chi connectivity index (χ0v) is 21.7. The molecule has 0 aliphatic carbocycles. The first-order chi connectivity index (χ1) is 17.9. The van der Waals surface area contributed by atoms with E-state index in [-0.39, 0.29) is 18.4 Å². The Morgan fingerprint density at radius 1 is 1.08 bits per heavy atom. The first kappa shape index (κ1) is 25.1. The van der Waals surface area contributed by atoms with Gasteiger partial charge in [-0.2, -0.15) is 0 Å². The zero-order valence-electron chi connectivity index (χ0n) is 20.1. The highest BCUT2D eigenvalue weighted by Crippen LogP contribution is 2.39. The van der Waals surface area contributed by atoms with Crippen LogP contribution in [0.3, 0.4) is 0 Å². The van der Waals surface area contributed by atoms with Crippen LogP contribution in [0.4, 0.5) is 22.9 Å². The number of carbonyl (C=O) groups is 2. The monoisotopic (exact) mass is 540 g/mol. The van der Waals surface area contributed by atoms with Crippen molar-refractivity contribution < 1.29 is 9.59 Å². The van der Waals surface area contributed by atoms with Gasteiger partial charge in [-0.1, -0.05) is 29.3 Å². The van der Waals surface area contributed by atoms with Crippen molar-refractivity contribution in [3.05, 3.63) is 70.6 Å². The third-order valence-corrected chi connectivity index (χ3v) is 7.21. The van der Waals surface area contributed by atoms with Crippen LogP contribution in [0.1, 0.15) is 10.4 Å². The average molecular weight is 541 g/mol. The fraction of sp³-hybridized carbons (Fsp3) is 0.280. The highest BCUT2D eigenvalue weighted by Gasteiger charge is 2.40. The maximum Gasteiger partial charge on any atom is 0.266 e. The van der Waals surface area contributed by atoms with Crippen molar-refractivity contribution in [2.24, 2.45) is 5.73 Å². The predicted molar refractivity (Wildman–Crippen MR) is 145 cm³/mol. The number of fused-ring (bicyclic) bond motifs is 1. The molecule has 192 valence electrons. The Labute approximate surface area is 224 Å². The molecule has 37 heavy (non-hydrogen) atoms. The van der Waals surface area contributed by atoms with E-state index in [1.54, 1.807) is 23.1 Å². The summed E-state index contributed by atoms with van der Waals surface area (Å²) in [5, 5.41) is 4.13. The van der Waals surface area contributed by atoms with E-state index in [0.29, 0.717) is 40.2 Å². The number of anilines is 4. The molecule has 0 radical (unpaired) electrons. The summed E-state index contributed by atoms with van der Waals surface area (Å²) in [7, 11) is 1.84. The SMILES string of the molecule is CN1c2ncncc2C(=O)N(c2c(Cl)cccc2Cl)C1Nc1ccc(N2CCN(C(=O)CN)CC2)cc1. The van der Waals surface area contributed by atoms with Crippen LogP contribution in [0, 0.1) is 0 Å². The second kappa shape index (κ2) is 10.4. The van der Waals surface area contributed by atoms with E-state index in [1.807, 2.05) is 36.2 Å². The molecule has 2 aliphatic heterocycles. The van der Waals surface area contributed by atoms with Gasteiger partial charge in [0, 0.05) is 50.8 Å². The van der Waals surface area contributed by atoms with E-state index in [4.69, 9.17) is 28.9 Å². The molecule has 12 heteroatoms. The van der Waals surface area contributed by atoms with Crippen LogP contribution in [0.5, 0.6) is 0 Å². The molecule has 0 saturated carbocycles. The average Bonchev–Trinajstić information content (AvgIpc) is 2.93. The molecule has 0 spiro atoms. The molecular weight excluding hydrogens is 515 g/mol. The molecule has 1 aromatic heterocycles. The Bertz CT molecular complexity index is 1290. The van der Waals surface area contributed by atoms with Crippen LogP contribution in [0.15, 0.2) is 55.0 Å². The lowest BCUT2D eigenvalue weighted by Gasteiger charge is -2.43. The normalized spacial score (nSPS) is 17.6. The number of aromatic nitrogens is 2. The Balaban J connectivity index is 1.41. The molecule has 5 rings (SSSR count). The number of carbonyl (C=O) groups excluding carboxylic acids is 2. The molecule has 3 heterocycles. The maximum atomic E-state index is 13.6. The summed E-state index contributed by atoms with van der Waals surface area (Å²) in [5.74, 6) is 0.154. The summed E-state index contributed by atoms with van der Waals surface area (Å²) >= 11 is 13.0. The van der Waals surface area contributed by atoms with E-state index < -0.39 is 6.29 Å². The Kier molecular flexibility index (Phi) is 7.05. The number of piperazine rings is 1. The van der Waals surface area contributed by atoms with E-state index in [1.165, 1.54) is 17.4 Å². The van der Waals surface area contributed by atoms with Crippen LogP contribution >= 0.6 is 23.2 Å². The molecule has 1 unspecified atom stereocenters. The fourth-order valence-corrected chi connectivity index (χ4v) is 5.23. The van der Waals surface area contributed by atoms with E-state index >= 15 is 0 Å². The lowest BCUT2D eigenvalue weighted by Crippen LogP contribution is -2.58. The number of nitrogens with one attached hydrogen (secondary N) is 1. The summed E-state index contributed by atoms with van der Waals surface area (Å²) in [4.78, 5) is 41.3. The Morgan fingerprint density at radius 3 is 2.41 bits per heavy atom. The molecule has 2 aliphatic rings. The third-order valence-electron chi connectivity index (χ3n) is 6.60. The number of hydrogen-bond donors (Lipinski definition) is 2. The van der Waals surface area contributed by atoms with E-state index in [2.05, 4.69) is 20.2 Å². The number of benzene rings is 2. The van der Waals surface area contributed by atoms with Crippen molar-refractivity contribution in [2.45, 2.75) is 6.29 Å². The Hall–Kier alpha value is -3.60. The largest absolute Gasteiger partial charge is 0.368 e. The van der Waals surface area contributed by atoms with Crippen molar-refractivity contribution >= 4 is 57.9 Å². The van der Waals surface area contributed by atoms with Crippen molar-refractivity contribution in [2.75, 3.05) is 59.8 Å². The molecule has 1 atom stereocenters. The van der Waals surface area contributed by atoms with Gasteiger partial charge in [0.2, 0.25) is 5.91 Å². The van der Waals surface area contributed by atoms with Gasteiger partial charge in [0.05, 0.1) is 22.3 Å². The second-order valence-electron chi connectivity index (χ2n) is 8.75. The van der Waals surface area contributed by atoms with Crippen LogP contribution in [-0.4, -0.2) is 72.7 Å². The van der Waals surface area contributed by atoms with Crippen LogP contribution in [0.2, 0.25) is 10.0 Å². The summed E-state index contributed by atoms with van der Waals surface area (Å²) in [6, 6.07) is 13.0. The first-order valence-electron chi connectivity index (χ1n) is 11.8. The molecule has 0 bridgehead atoms. The van der Waals surface area contributed by atoms with Gasteiger partial charge in [-0.15, -0.1) is 0 Å². The summed E-state index contributed by atoms with van der Waals surface area (Å²) in [6.45, 7) is 2.77. The van der Waals surface area contributed by atoms with Crippen molar-refractivity contribution in [1.82, 2.24) is 14.9 Å². The summed E-state index contributed by atoms with van der Waals surface area (Å²) in [5.41, 5.74) is 8.07. The molecule has 3 N–H and O–H groups in total. The van der Waals surface area contributed by atoms with Gasteiger partial charge in [0.15, 0.2) is 6.29 Å². The van der Waals surface area contributed by atoms with Gasteiger partial charge in [-0.3, -0.25) is 14.5 Å². The zero-order chi connectivity index (χ0) is 26.1. The standard InChI is InChI=1S/C25H26Cl2N8O2/c1-32-23-18(14-29-15-30-23)24(37)35(22-19(26)3-2-4-20(22)27)25(32)31-16-5-7-17(8-6-16)33-9-11-34(12-10-33)21(36)13-28/h2-8,14-15,25,31H,9-13,28H2,1H3. The Morgan fingerprint density at radius 2 is 1.76 bits per heavy atom. The maximum absolute atomic E-state index is 13.6. The van der Waals surface area contributed by atoms with E-state index in [0.717, 1.165) is 24.5 Å². The van der Waals surface area contributed by atoms with Gasteiger partial charge in [-0.25, -0.2) is 9.97 Å². The number of amides is 2. The van der Waals surface area contributed by atoms with Crippen LogP contribution in [0.25, 0.3) is 0 Å². The van der Waals surface area contributed by atoms with Gasteiger partial charge in [0.25, 0.3) is 5.91 Å². The highest BCUT2D eigenvalue weighted by molar-refractivity contribution is 6.40. The smallest absolute Gasteiger partial charge is 0.266 e. The molecule has 2 amide bonds. The van der Waals surface area contributed by atoms with Gasteiger partial charge >= 0.3 is 0 Å². The number of nitrogens with zero attached hydrogens (tertiary/aromatic N) is 6. The molecule has 1 saturated heterocycles. The van der Waals surface area contributed by atoms with Gasteiger partial charge in [-0.05, 0) is 36.4 Å². The molecule has 3 aromatic rings. The number of rotatable bonds is 5. The quantitative estimate of drug-likeness (QED) is 0.508. The highest BCUT2D eigenvalue weighted by atomic mass is 35.5. The van der Waals surface area contributed by atoms with Gasteiger partial charge in [0.1, 0.15) is 17.7 Å². The van der Waals surface area contributed by atoms with Crippen molar-refractivity contribution in [1.29, 1.82) is 0 Å². The number of para-hydroxylation sites is 1. The van der Waals surface area contributed by atoms with Gasteiger partial charge < -0.3 is 25.8 Å². The number of nitrogens with two attached hydrogens (primary N) is 1. The minimum absolute atomic E-state index is 0.0274. The number of halogens is 2. The lowest BCUT2D eigenvalue weighted by atomic mass is 10.1. The number of hydrogen-bond acceptors (Lipinski definition) is 8. The van der Waals surface area contributed by atoms with Crippen molar-refractivity contribution in [3.63, 3.8) is 0 Å². The van der Waals surface area contributed by atoms with Crippen LogP contribution < -0.4 is 25.8 Å². The third kappa shape index (κ3) is 4.75. The molecule has 2 aromatic carbocycles. The molecule has 10 nitrogen and oxygen atoms in total. The van der Waals surface area contributed by atoms with E-state index in [9.17, 15) is 9.59 Å². The minimum atomic E-state index is -0.663. The van der Waals surface area contributed by atoms with Crippen LogP contribution in [-0.2, 0) is 4.79 Å². The lowest BCUT2D eigenvalue weighted by molar-refractivity contribution is -0.129. The minimum Gasteiger partial charge on any atom is -0.368 e. The topological polar surface area (TPSA) is 111 Å². The van der Waals surface area contributed by atoms with Crippen molar-refractivity contribution in [3.8, 4) is 0 Å². The fourth-order valence-electron chi connectivity index (χ4n) is 4.65. The molecular formula is C25H26Cl2N8O2. The summed E-state index contributed by atoms with van der Waals surface area (Å²) in [6.07, 6.45) is 2.24. The first-order valence-corrected chi connectivity index (χ1v) is 12.5. The second-order valence-corrected chi connectivity index (χ2v) is 9.57.